The maximum Gasteiger partial charge on any atom is 0.193 e. The summed E-state index contributed by atoms with van der Waals surface area (Å²) in [5.41, 5.74) is 10.3. The molecule has 72 valence electrons. The van der Waals surface area contributed by atoms with Gasteiger partial charge in [0, 0.05) is 6.07 Å². The minimum absolute atomic E-state index is 0.0630. The van der Waals surface area contributed by atoms with Gasteiger partial charge in [-0.3, -0.25) is 0 Å². The largest absolute Gasteiger partial charge is 0.384 e. The zero-order valence-electron chi connectivity index (χ0n) is 7.48. The molecule has 0 saturated carbocycles. The molecule has 6 heteroatoms. The Bertz CT molecular complexity index is 339. The van der Waals surface area contributed by atoms with E-state index in [4.69, 9.17) is 23.7 Å². The molecule has 0 bridgehead atoms. The molecule has 0 aliphatic rings. The van der Waals surface area contributed by atoms with Crippen molar-refractivity contribution in [3.63, 3.8) is 0 Å². The lowest BCUT2D eigenvalue weighted by Crippen LogP contribution is -2.23. The first-order valence-corrected chi connectivity index (χ1v) is 4.11. The molecule has 1 aromatic heterocycles. The van der Waals surface area contributed by atoms with Crippen LogP contribution in [0.3, 0.4) is 0 Å². The maximum atomic E-state index is 9.59. The van der Waals surface area contributed by atoms with Crippen LogP contribution in [-0.2, 0) is 5.60 Å². The fourth-order valence-electron chi connectivity index (χ4n) is 0.871. The van der Waals surface area contributed by atoms with Crippen molar-refractivity contribution in [2.75, 3.05) is 5.73 Å². The molecular formula is C7H12N4OS. The van der Waals surface area contributed by atoms with Gasteiger partial charge in [-0.15, -0.1) is 0 Å². The number of thiocarbonyl (C=S) groups is 1. The molecule has 5 N–H and O–H groups in total. The Kier molecular flexibility index (Phi) is 2.27. The number of nitrogen functional groups attached to an aromatic ring is 1. The van der Waals surface area contributed by atoms with Gasteiger partial charge in [-0.25, -0.2) is 0 Å². The van der Waals surface area contributed by atoms with Gasteiger partial charge >= 0.3 is 0 Å². The van der Waals surface area contributed by atoms with E-state index in [9.17, 15) is 5.11 Å². The van der Waals surface area contributed by atoms with Crippen LogP contribution in [-0.4, -0.2) is 20.0 Å². The van der Waals surface area contributed by atoms with Gasteiger partial charge in [0.15, 0.2) is 5.11 Å². The van der Waals surface area contributed by atoms with Gasteiger partial charge < -0.3 is 16.6 Å². The monoisotopic (exact) mass is 200 g/mol. The summed E-state index contributed by atoms with van der Waals surface area (Å²) >= 11 is 4.70. The summed E-state index contributed by atoms with van der Waals surface area (Å²) in [6.45, 7) is 3.22. The van der Waals surface area contributed by atoms with Gasteiger partial charge in [-0.1, -0.05) is 0 Å². The van der Waals surface area contributed by atoms with Gasteiger partial charge in [-0.05, 0) is 26.1 Å². The third-order valence-corrected chi connectivity index (χ3v) is 1.75. The number of anilines is 1. The van der Waals surface area contributed by atoms with E-state index in [1.165, 1.54) is 4.68 Å². The van der Waals surface area contributed by atoms with Crippen molar-refractivity contribution in [2.45, 2.75) is 19.4 Å². The average Bonchev–Trinajstić information content (AvgIpc) is 2.29. The van der Waals surface area contributed by atoms with Gasteiger partial charge in [0.2, 0.25) is 0 Å². The van der Waals surface area contributed by atoms with Crippen LogP contribution in [0.15, 0.2) is 6.07 Å². The van der Waals surface area contributed by atoms with Crippen LogP contribution in [0.25, 0.3) is 0 Å². The van der Waals surface area contributed by atoms with Crippen LogP contribution < -0.4 is 11.5 Å². The van der Waals surface area contributed by atoms with E-state index >= 15 is 0 Å². The summed E-state index contributed by atoms with van der Waals surface area (Å²) in [4.78, 5) is 0. The minimum atomic E-state index is -1.04. The molecule has 13 heavy (non-hydrogen) atoms. The second-order valence-corrected chi connectivity index (χ2v) is 3.68. The number of rotatable bonds is 1. The number of nitrogens with zero attached hydrogens (tertiary/aromatic N) is 2. The van der Waals surface area contributed by atoms with Crippen LogP contribution in [0, 0.1) is 0 Å². The van der Waals surface area contributed by atoms with E-state index in [0.717, 1.165) is 0 Å². The Labute approximate surface area is 81.3 Å². The Morgan fingerprint density at radius 2 is 2.23 bits per heavy atom. The zero-order chi connectivity index (χ0) is 10.2. The van der Waals surface area contributed by atoms with E-state index in [1.807, 2.05) is 0 Å². The third-order valence-electron chi connectivity index (χ3n) is 1.57. The topological polar surface area (TPSA) is 90.1 Å². The second kappa shape index (κ2) is 2.97. The molecule has 0 atom stereocenters. The van der Waals surface area contributed by atoms with E-state index in [-0.39, 0.29) is 5.11 Å². The Morgan fingerprint density at radius 1 is 1.69 bits per heavy atom. The highest BCUT2D eigenvalue weighted by atomic mass is 32.1. The first-order chi connectivity index (χ1) is 5.82. The number of hydrogen-bond acceptors (Lipinski definition) is 4. The Balaban J connectivity index is 3.17. The van der Waals surface area contributed by atoms with Gasteiger partial charge in [0.05, 0.1) is 5.69 Å². The van der Waals surface area contributed by atoms with Crippen LogP contribution in [0.4, 0.5) is 5.82 Å². The van der Waals surface area contributed by atoms with Crippen LogP contribution >= 0.6 is 12.2 Å². The standard InChI is InChI=1S/C7H12N4OS/c1-7(2,12)4-3-5(8)11(10-4)6(9)13/h3,12H,8H2,1-2H3,(H2,9,13). The van der Waals surface area contributed by atoms with E-state index in [2.05, 4.69) is 5.10 Å². The van der Waals surface area contributed by atoms with Crippen LogP contribution in [0.2, 0.25) is 0 Å². The lowest BCUT2D eigenvalue weighted by atomic mass is 10.1. The maximum absolute atomic E-state index is 9.59. The summed E-state index contributed by atoms with van der Waals surface area (Å²) in [5.74, 6) is 0.324. The van der Waals surface area contributed by atoms with Crippen LogP contribution in [0.5, 0.6) is 0 Å². The summed E-state index contributed by atoms with van der Waals surface area (Å²) in [6.07, 6.45) is 0. The van der Waals surface area contributed by atoms with E-state index in [0.29, 0.717) is 11.5 Å². The third kappa shape index (κ3) is 1.96. The zero-order valence-corrected chi connectivity index (χ0v) is 8.30. The number of aromatic nitrogens is 2. The fraction of sp³-hybridized carbons (Fsp3) is 0.429. The molecule has 0 saturated heterocycles. The van der Waals surface area contributed by atoms with Gasteiger partial charge in [0.1, 0.15) is 11.4 Å². The predicted octanol–water partition coefficient (Wildman–Crippen LogP) is -0.216. The lowest BCUT2D eigenvalue weighted by molar-refractivity contribution is 0.0735. The molecule has 0 spiro atoms. The van der Waals surface area contributed by atoms with Gasteiger partial charge in [-0.2, -0.15) is 9.78 Å². The van der Waals surface area contributed by atoms with E-state index in [1.54, 1.807) is 19.9 Å². The molecular weight excluding hydrogens is 188 g/mol. The second-order valence-electron chi connectivity index (χ2n) is 3.26. The smallest absolute Gasteiger partial charge is 0.193 e. The highest BCUT2D eigenvalue weighted by molar-refractivity contribution is 7.80. The number of aliphatic hydroxyl groups is 1. The molecule has 1 aromatic rings. The molecule has 1 heterocycles. The molecule has 0 radical (unpaired) electrons. The van der Waals surface area contributed by atoms with Crippen molar-refractivity contribution >= 4 is 23.1 Å². The van der Waals surface area contributed by atoms with Gasteiger partial charge in [0.25, 0.3) is 0 Å². The first-order valence-electron chi connectivity index (χ1n) is 3.70. The lowest BCUT2D eigenvalue weighted by Gasteiger charge is -2.12. The summed E-state index contributed by atoms with van der Waals surface area (Å²) in [6, 6.07) is 1.54. The summed E-state index contributed by atoms with van der Waals surface area (Å²) in [5, 5.41) is 13.6. The Hall–Kier alpha value is -1.14. The van der Waals surface area contributed by atoms with Crippen molar-refractivity contribution in [1.29, 1.82) is 0 Å². The van der Waals surface area contributed by atoms with Crippen molar-refractivity contribution in [3.8, 4) is 0 Å². The molecule has 0 aromatic carbocycles. The van der Waals surface area contributed by atoms with Crippen molar-refractivity contribution in [1.82, 2.24) is 9.78 Å². The quantitative estimate of drug-likeness (QED) is 0.545. The normalized spacial score (nSPS) is 11.6. The fourth-order valence-corrected chi connectivity index (χ4v) is 1.02. The first kappa shape index (κ1) is 9.94. The van der Waals surface area contributed by atoms with Crippen molar-refractivity contribution in [2.24, 2.45) is 5.73 Å². The predicted molar refractivity (Wildman–Crippen MR) is 54.1 cm³/mol. The highest BCUT2D eigenvalue weighted by Crippen LogP contribution is 2.19. The molecule has 0 unspecified atom stereocenters. The molecule has 5 nitrogen and oxygen atoms in total. The Morgan fingerprint density at radius 3 is 2.46 bits per heavy atom. The van der Waals surface area contributed by atoms with Crippen molar-refractivity contribution in [3.05, 3.63) is 11.8 Å². The summed E-state index contributed by atoms with van der Waals surface area (Å²) in [7, 11) is 0. The molecule has 0 fully saturated rings. The molecule has 0 amide bonds. The molecule has 0 aliphatic heterocycles. The highest BCUT2D eigenvalue weighted by Gasteiger charge is 2.21. The SMILES string of the molecule is CC(C)(O)c1cc(N)n(C(N)=S)n1. The van der Waals surface area contributed by atoms with E-state index < -0.39 is 5.60 Å². The number of hydrogen-bond donors (Lipinski definition) is 3. The average molecular weight is 200 g/mol. The van der Waals surface area contributed by atoms with Crippen molar-refractivity contribution < 1.29 is 5.11 Å². The minimum Gasteiger partial charge on any atom is -0.384 e. The summed E-state index contributed by atoms with van der Waals surface area (Å²) < 4.78 is 1.21. The molecule has 1 rings (SSSR count). The number of nitrogens with two attached hydrogens (primary N) is 2. The van der Waals surface area contributed by atoms with Crippen LogP contribution in [0.1, 0.15) is 19.5 Å². The molecule has 0 aliphatic carbocycles.